The van der Waals surface area contributed by atoms with E-state index in [1.165, 1.54) is 25.7 Å². The first-order valence-electron chi connectivity index (χ1n) is 6.06. The van der Waals surface area contributed by atoms with Crippen LogP contribution < -0.4 is 9.64 Å². The van der Waals surface area contributed by atoms with Gasteiger partial charge in [-0.25, -0.2) is 0 Å². The second-order valence-electron chi connectivity index (χ2n) is 4.78. The van der Waals surface area contributed by atoms with Gasteiger partial charge in [-0.3, -0.25) is 4.98 Å². The Labute approximate surface area is 110 Å². The van der Waals surface area contributed by atoms with Gasteiger partial charge in [-0.2, -0.15) is 4.98 Å². The van der Waals surface area contributed by atoms with E-state index in [0.29, 0.717) is 22.8 Å². The van der Waals surface area contributed by atoms with Gasteiger partial charge in [0, 0.05) is 16.9 Å². The second kappa shape index (κ2) is 4.44. The molecule has 2 aliphatic rings. The Hall–Kier alpha value is -0.840. The van der Waals surface area contributed by atoms with Crippen LogP contribution >= 0.6 is 15.9 Å². The molecule has 2 unspecified atom stereocenters. The van der Waals surface area contributed by atoms with E-state index in [-0.39, 0.29) is 0 Å². The highest BCUT2D eigenvalue weighted by molar-refractivity contribution is 9.09. The fraction of sp³-hybridized carbons (Fsp3) is 0.667. The first kappa shape index (κ1) is 11.3. The minimum absolute atomic E-state index is 0.600. The van der Waals surface area contributed by atoms with Crippen LogP contribution in [0.25, 0.3) is 0 Å². The summed E-state index contributed by atoms with van der Waals surface area (Å²) in [6.07, 6.45) is 8.45. The SMILES string of the molecule is COc1cncc(N2C3CCC2CC(Br)C3)n1. The molecule has 2 saturated heterocycles. The lowest BCUT2D eigenvalue weighted by Crippen LogP contribution is -2.43. The third-order valence-corrected chi connectivity index (χ3v) is 4.50. The van der Waals surface area contributed by atoms with Gasteiger partial charge in [-0.15, -0.1) is 0 Å². The maximum absolute atomic E-state index is 5.15. The van der Waals surface area contributed by atoms with Crippen molar-refractivity contribution in [3.63, 3.8) is 0 Å². The molecule has 3 heterocycles. The number of aromatic nitrogens is 2. The number of ether oxygens (including phenoxy) is 1. The van der Waals surface area contributed by atoms with Crippen LogP contribution in [0.3, 0.4) is 0 Å². The van der Waals surface area contributed by atoms with E-state index in [1.807, 2.05) is 6.20 Å². The molecular weight excluding hydrogens is 282 g/mol. The summed E-state index contributed by atoms with van der Waals surface area (Å²) in [6, 6.07) is 1.22. The molecule has 1 aromatic rings. The summed E-state index contributed by atoms with van der Waals surface area (Å²) in [5, 5.41) is 0. The van der Waals surface area contributed by atoms with E-state index in [4.69, 9.17) is 4.74 Å². The predicted octanol–water partition coefficient (Wildman–Crippen LogP) is 2.38. The second-order valence-corrected chi connectivity index (χ2v) is 6.08. The zero-order chi connectivity index (χ0) is 11.8. The fourth-order valence-electron chi connectivity index (χ4n) is 3.05. The minimum atomic E-state index is 0.600. The summed E-state index contributed by atoms with van der Waals surface area (Å²) in [4.78, 5) is 11.8. The number of methoxy groups -OCH3 is 1. The van der Waals surface area contributed by atoms with Crippen LogP contribution in [-0.2, 0) is 0 Å². The van der Waals surface area contributed by atoms with Crippen molar-refractivity contribution >= 4 is 21.7 Å². The maximum Gasteiger partial charge on any atom is 0.233 e. The zero-order valence-corrected chi connectivity index (χ0v) is 11.4. The molecule has 92 valence electrons. The van der Waals surface area contributed by atoms with E-state index in [0.717, 1.165) is 5.82 Å². The van der Waals surface area contributed by atoms with Crippen molar-refractivity contribution in [2.75, 3.05) is 12.0 Å². The largest absolute Gasteiger partial charge is 0.480 e. The summed E-state index contributed by atoms with van der Waals surface area (Å²) in [5.41, 5.74) is 0. The third kappa shape index (κ3) is 2.01. The Morgan fingerprint density at radius 3 is 2.65 bits per heavy atom. The molecule has 1 aromatic heterocycles. The average Bonchev–Trinajstić information content (AvgIpc) is 2.62. The number of halogens is 1. The average molecular weight is 298 g/mol. The van der Waals surface area contributed by atoms with Crippen molar-refractivity contribution in [2.24, 2.45) is 0 Å². The number of hydrogen-bond donors (Lipinski definition) is 0. The van der Waals surface area contributed by atoms with Crippen molar-refractivity contribution in [1.82, 2.24) is 9.97 Å². The van der Waals surface area contributed by atoms with Crippen molar-refractivity contribution in [3.05, 3.63) is 12.4 Å². The molecule has 0 saturated carbocycles. The Kier molecular flexibility index (Phi) is 2.94. The smallest absolute Gasteiger partial charge is 0.233 e. The maximum atomic E-state index is 5.15. The molecular formula is C12H16BrN3O. The first-order valence-corrected chi connectivity index (χ1v) is 6.98. The number of hydrogen-bond acceptors (Lipinski definition) is 4. The third-order valence-electron chi connectivity index (χ3n) is 3.75. The van der Waals surface area contributed by atoms with Crippen molar-refractivity contribution in [2.45, 2.75) is 42.6 Å². The Morgan fingerprint density at radius 1 is 1.29 bits per heavy atom. The molecule has 0 aliphatic carbocycles. The number of piperidine rings is 1. The summed E-state index contributed by atoms with van der Waals surface area (Å²) < 4.78 is 5.15. The number of anilines is 1. The highest BCUT2D eigenvalue weighted by Gasteiger charge is 2.40. The highest BCUT2D eigenvalue weighted by atomic mass is 79.9. The molecule has 17 heavy (non-hydrogen) atoms. The number of fused-ring (bicyclic) bond motifs is 2. The van der Waals surface area contributed by atoms with Crippen molar-refractivity contribution in [1.29, 1.82) is 0 Å². The molecule has 2 fully saturated rings. The molecule has 5 heteroatoms. The molecule has 0 spiro atoms. The molecule has 0 N–H and O–H groups in total. The normalized spacial score (nSPS) is 31.6. The van der Waals surface area contributed by atoms with Crippen LogP contribution in [0.15, 0.2) is 12.4 Å². The van der Waals surface area contributed by atoms with Crippen molar-refractivity contribution in [3.8, 4) is 5.88 Å². The Balaban J connectivity index is 1.89. The first-order chi connectivity index (χ1) is 8.28. The molecule has 2 atom stereocenters. The van der Waals surface area contributed by atoms with Gasteiger partial charge in [0.1, 0.15) is 0 Å². The lowest BCUT2D eigenvalue weighted by atomic mass is 10.0. The summed E-state index contributed by atoms with van der Waals surface area (Å²) in [5.74, 6) is 1.57. The van der Waals surface area contributed by atoms with E-state index >= 15 is 0 Å². The van der Waals surface area contributed by atoms with Crippen LogP contribution in [-0.4, -0.2) is 34.0 Å². The number of rotatable bonds is 2. The van der Waals surface area contributed by atoms with Crippen molar-refractivity contribution < 1.29 is 4.74 Å². The predicted molar refractivity (Wildman–Crippen MR) is 69.8 cm³/mol. The van der Waals surface area contributed by atoms with Gasteiger partial charge < -0.3 is 9.64 Å². The lowest BCUT2D eigenvalue weighted by Gasteiger charge is -2.37. The molecule has 0 radical (unpaired) electrons. The van der Waals surface area contributed by atoms with E-state index < -0.39 is 0 Å². The standard InChI is InChI=1S/C12H16BrN3O/c1-17-12-7-14-6-11(15-12)16-9-2-3-10(16)5-8(13)4-9/h6-10H,2-5H2,1H3. The van der Waals surface area contributed by atoms with Gasteiger partial charge in [0.2, 0.25) is 5.88 Å². The highest BCUT2D eigenvalue weighted by Crippen LogP contribution is 2.40. The molecule has 2 bridgehead atoms. The summed E-state index contributed by atoms with van der Waals surface area (Å²) in [7, 11) is 1.63. The summed E-state index contributed by atoms with van der Waals surface area (Å²) >= 11 is 3.75. The quantitative estimate of drug-likeness (QED) is 0.786. The van der Waals surface area contributed by atoms with E-state index in [9.17, 15) is 0 Å². The minimum Gasteiger partial charge on any atom is -0.480 e. The Bertz CT molecular complexity index is 400. The van der Waals surface area contributed by atoms with Crippen LogP contribution in [0.5, 0.6) is 5.88 Å². The molecule has 0 amide bonds. The van der Waals surface area contributed by atoms with E-state index in [2.05, 4.69) is 30.8 Å². The number of nitrogens with zero attached hydrogens (tertiary/aromatic N) is 3. The zero-order valence-electron chi connectivity index (χ0n) is 9.84. The van der Waals surface area contributed by atoms with Crippen LogP contribution in [0.4, 0.5) is 5.82 Å². The van der Waals surface area contributed by atoms with Gasteiger partial charge in [0.05, 0.1) is 19.5 Å². The molecule has 3 rings (SSSR count). The topological polar surface area (TPSA) is 38.2 Å². The van der Waals surface area contributed by atoms with Crippen LogP contribution in [0, 0.1) is 0 Å². The van der Waals surface area contributed by atoms with Crippen LogP contribution in [0.1, 0.15) is 25.7 Å². The van der Waals surface area contributed by atoms with Gasteiger partial charge in [-0.05, 0) is 25.7 Å². The van der Waals surface area contributed by atoms with Gasteiger partial charge >= 0.3 is 0 Å². The van der Waals surface area contributed by atoms with Gasteiger partial charge in [0.15, 0.2) is 5.82 Å². The summed E-state index contributed by atoms with van der Waals surface area (Å²) in [6.45, 7) is 0. The van der Waals surface area contributed by atoms with Crippen LogP contribution in [0.2, 0.25) is 0 Å². The van der Waals surface area contributed by atoms with E-state index in [1.54, 1.807) is 13.3 Å². The van der Waals surface area contributed by atoms with Gasteiger partial charge in [-0.1, -0.05) is 15.9 Å². The monoisotopic (exact) mass is 297 g/mol. The van der Waals surface area contributed by atoms with Gasteiger partial charge in [0.25, 0.3) is 0 Å². The lowest BCUT2D eigenvalue weighted by molar-refractivity contribution is 0.393. The Morgan fingerprint density at radius 2 is 2.00 bits per heavy atom. The number of alkyl halides is 1. The fourth-order valence-corrected chi connectivity index (χ4v) is 3.91. The molecule has 0 aromatic carbocycles. The molecule has 4 nitrogen and oxygen atoms in total. The molecule has 2 aliphatic heterocycles.